The van der Waals surface area contributed by atoms with Crippen LogP contribution in [-0.2, 0) is 4.79 Å². The van der Waals surface area contributed by atoms with Crippen LogP contribution in [0.15, 0.2) is 24.3 Å². The van der Waals surface area contributed by atoms with Crippen LogP contribution < -0.4 is 10.6 Å². The van der Waals surface area contributed by atoms with Crippen molar-refractivity contribution >= 4 is 17.5 Å². The quantitative estimate of drug-likeness (QED) is 0.882. The van der Waals surface area contributed by atoms with Crippen LogP contribution in [0.1, 0.15) is 39.3 Å². The van der Waals surface area contributed by atoms with Crippen molar-refractivity contribution in [3.05, 3.63) is 34.9 Å². The van der Waals surface area contributed by atoms with Crippen molar-refractivity contribution in [1.29, 1.82) is 0 Å². The molecular weight excluding hydrogens is 248 g/mol. The molecule has 1 amide bonds. The highest BCUT2D eigenvalue weighted by atomic mass is 35.5. The van der Waals surface area contributed by atoms with E-state index in [1.54, 1.807) is 0 Å². The molecule has 2 N–H and O–H groups in total. The summed E-state index contributed by atoms with van der Waals surface area (Å²) in [7, 11) is 0. The standard InChI is InChI=1S/C14H21ClN2O/c1-10(11-6-5-7-12(15)8-11)16-9-13(18)17-14(2,3)4/h5-8,10,16H,9H2,1-4H3,(H,17,18)/t10-/m1/s1. The SMILES string of the molecule is C[C@@H](NCC(=O)NC(C)(C)C)c1cccc(Cl)c1. The van der Waals surface area contributed by atoms with Gasteiger partial charge in [-0.2, -0.15) is 0 Å². The maximum Gasteiger partial charge on any atom is 0.234 e. The molecule has 0 saturated heterocycles. The predicted molar refractivity (Wildman–Crippen MR) is 75.8 cm³/mol. The highest BCUT2D eigenvalue weighted by molar-refractivity contribution is 6.30. The van der Waals surface area contributed by atoms with E-state index < -0.39 is 0 Å². The van der Waals surface area contributed by atoms with Crippen LogP contribution >= 0.6 is 11.6 Å². The Kier molecular flexibility index (Phi) is 5.17. The lowest BCUT2D eigenvalue weighted by molar-refractivity contribution is -0.121. The fourth-order valence-electron chi connectivity index (χ4n) is 1.60. The van der Waals surface area contributed by atoms with E-state index in [9.17, 15) is 4.79 Å². The highest BCUT2D eigenvalue weighted by Gasteiger charge is 2.14. The maximum absolute atomic E-state index is 11.7. The van der Waals surface area contributed by atoms with Gasteiger partial charge in [-0.1, -0.05) is 23.7 Å². The average Bonchev–Trinajstić information content (AvgIpc) is 2.23. The molecule has 0 unspecified atom stereocenters. The molecule has 0 heterocycles. The second-order valence-corrected chi connectivity index (χ2v) is 5.89. The van der Waals surface area contributed by atoms with Gasteiger partial charge in [0.2, 0.25) is 5.91 Å². The van der Waals surface area contributed by atoms with Crippen molar-refractivity contribution in [2.45, 2.75) is 39.3 Å². The van der Waals surface area contributed by atoms with Crippen LogP contribution in [0.4, 0.5) is 0 Å². The van der Waals surface area contributed by atoms with Crippen molar-refractivity contribution in [1.82, 2.24) is 10.6 Å². The molecule has 0 radical (unpaired) electrons. The first-order chi connectivity index (χ1) is 8.28. The Morgan fingerprint density at radius 2 is 2.06 bits per heavy atom. The minimum atomic E-state index is -0.196. The lowest BCUT2D eigenvalue weighted by Crippen LogP contribution is -2.45. The summed E-state index contributed by atoms with van der Waals surface area (Å²) in [5.74, 6) is -0.00335. The van der Waals surface area contributed by atoms with Crippen LogP contribution in [0.3, 0.4) is 0 Å². The lowest BCUT2D eigenvalue weighted by Gasteiger charge is -2.21. The molecule has 0 aliphatic heterocycles. The third-order valence-corrected chi connectivity index (χ3v) is 2.67. The molecule has 0 aromatic heterocycles. The van der Waals surface area contributed by atoms with Crippen LogP contribution in [0.25, 0.3) is 0 Å². The monoisotopic (exact) mass is 268 g/mol. The number of carbonyl (C=O) groups is 1. The number of amides is 1. The molecule has 1 aromatic carbocycles. The molecule has 3 nitrogen and oxygen atoms in total. The highest BCUT2D eigenvalue weighted by Crippen LogP contribution is 2.16. The van der Waals surface area contributed by atoms with Crippen molar-refractivity contribution in [3.63, 3.8) is 0 Å². The first-order valence-electron chi connectivity index (χ1n) is 6.08. The van der Waals surface area contributed by atoms with E-state index in [2.05, 4.69) is 10.6 Å². The van der Waals surface area contributed by atoms with Crippen LogP contribution in [0, 0.1) is 0 Å². The number of carbonyl (C=O) groups excluding carboxylic acids is 1. The first-order valence-corrected chi connectivity index (χ1v) is 6.45. The van der Waals surface area contributed by atoms with Gasteiger partial charge >= 0.3 is 0 Å². The largest absolute Gasteiger partial charge is 0.350 e. The van der Waals surface area contributed by atoms with Gasteiger partial charge in [0.1, 0.15) is 0 Å². The molecule has 18 heavy (non-hydrogen) atoms. The van der Waals surface area contributed by atoms with Crippen molar-refractivity contribution in [2.75, 3.05) is 6.54 Å². The summed E-state index contributed by atoms with van der Waals surface area (Å²) in [6.45, 7) is 8.20. The first kappa shape index (κ1) is 15.0. The van der Waals surface area contributed by atoms with Crippen molar-refractivity contribution < 1.29 is 4.79 Å². The molecule has 0 spiro atoms. The molecule has 0 saturated carbocycles. The van der Waals surface area contributed by atoms with Gasteiger partial charge in [0, 0.05) is 16.6 Å². The second kappa shape index (κ2) is 6.21. The summed E-state index contributed by atoms with van der Waals surface area (Å²) >= 11 is 5.93. The molecular formula is C14H21ClN2O. The number of hydrogen-bond donors (Lipinski definition) is 2. The smallest absolute Gasteiger partial charge is 0.234 e. The van der Waals surface area contributed by atoms with Crippen molar-refractivity contribution in [2.24, 2.45) is 0 Å². The number of rotatable bonds is 4. The zero-order valence-corrected chi connectivity index (χ0v) is 12.1. The third-order valence-electron chi connectivity index (χ3n) is 2.43. The Bertz CT molecular complexity index is 413. The van der Waals surface area contributed by atoms with Crippen molar-refractivity contribution in [3.8, 4) is 0 Å². The van der Waals surface area contributed by atoms with E-state index >= 15 is 0 Å². The minimum absolute atomic E-state index is 0.00335. The van der Waals surface area contributed by atoms with E-state index in [1.165, 1.54) is 0 Å². The zero-order chi connectivity index (χ0) is 13.8. The Morgan fingerprint density at radius 3 is 2.61 bits per heavy atom. The predicted octanol–water partition coefficient (Wildman–Crippen LogP) is 2.91. The van der Waals surface area contributed by atoms with E-state index in [0.29, 0.717) is 11.6 Å². The number of nitrogens with one attached hydrogen (secondary N) is 2. The van der Waals surface area contributed by atoms with Crippen LogP contribution in [-0.4, -0.2) is 18.0 Å². The van der Waals surface area contributed by atoms with Gasteiger partial charge in [0.25, 0.3) is 0 Å². The lowest BCUT2D eigenvalue weighted by atomic mass is 10.1. The summed E-state index contributed by atoms with van der Waals surface area (Å²) < 4.78 is 0. The van der Waals surface area contributed by atoms with Gasteiger partial charge in [-0.05, 0) is 45.4 Å². The number of benzene rings is 1. The fraction of sp³-hybridized carbons (Fsp3) is 0.500. The third kappa shape index (κ3) is 5.52. The maximum atomic E-state index is 11.7. The summed E-state index contributed by atoms with van der Waals surface area (Å²) in [5, 5.41) is 6.80. The Morgan fingerprint density at radius 1 is 1.39 bits per heavy atom. The van der Waals surface area contributed by atoms with Crippen LogP contribution in [0.2, 0.25) is 5.02 Å². The van der Waals surface area contributed by atoms with Gasteiger partial charge in [-0.25, -0.2) is 0 Å². The Balaban J connectivity index is 2.46. The molecule has 0 fully saturated rings. The topological polar surface area (TPSA) is 41.1 Å². The minimum Gasteiger partial charge on any atom is -0.350 e. The van der Waals surface area contributed by atoms with E-state index in [0.717, 1.165) is 5.56 Å². The molecule has 1 rings (SSSR count). The average molecular weight is 269 g/mol. The second-order valence-electron chi connectivity index (χ2n) is 5.46. The molecule has 0 aliphatic rings. The normalized spacial score (nSPS) is 13.2. The van der Waals surface area contributed by atoms with Gasteiger partial charge in [-0.3, -0.25) is 4.79 Å². The summed E-state index contributed by atoms with van der Waals surface area (Å²) in [6.07, 6.45) is 0. The van der Waals surface area contributed by atoms with Gasteiger partial charge < -0.3 is 10.6 Å². The Labute approximate surface area is 114 Å². The molecule has 4 heteroatoms. The van der Waals surface area contributed by atoms with Gasteiger partial charge in [0.05, 0.1) is 6.54 Å². The van der Waals surface area contributed by atoms with E-state index in [-0.39, 0.29) is 17.5 Å². The van der Waals surface area contributed by atoms with Gasteiger partial charge in [0.15, 0.2) is 0 Å². The molecule has 1 atom stereocenters. The van der Waals surface area contributed by atoms with Crippen LogP contribution in [0.5, 0.6) is 0 Å². The molecule has 100 valence electrons. The fourth-order valence-corrected chi connectivity index (χ4v) is 1.80. The zero-order valence-electron chi connectivity index (χ0n) is 11.4. The van der Waals surface area contributed by atoms with E-state index in [1.807, 2.05) is 52.0 Å². The van der Waals surface area contributed by atoms with E-state index in [4.69, 9.17) is 11.6 Å². The molecule has 1 aromatic rings. The van der Waals surface area contributed by atoms with Gasteiger partial charge in [-0.15, -0.1) is 0 Å². The summed E-state index contributed by atoms with van der Waals surface area (Å²) in [6, 6.07) is 7.73. The Hall–Kier alpha value is -1.06. The number of halogens is 1. The molecule has 0 aliphatic carbocycles. The molecule has 0 bridgehead atoms. The number of hydrogen-bond acceptors (Lipinski definition) is 2. The summed E-state index contributed by atoms with van der Waals surface area (Å²) in [5.41, 5.74) is 0.879. The summed E-state index contributed by atoms with van der Waals surface area (Å²) in [4.78, 5) is 11.7.